The molecule has 5 nitrogen and oxygen atoms in total. The van der Waals surface area contributed by atoms with Gasteiger partial charge in [0, 0.05) is 32.7 Å². The predicted molar refractivity (Wildman–Crippen MR) is 67.7 cm³/mol. The maximum Gasteiger partial charge on any atom is 0.281 e. The van der Waals surface area contributed by atoms with Crippen molar-refractivity contribution >= 4 is 10.2 Å². The minimum Gasteiger partial charge on any atom is -0.328 e. The maximum atomic E-state index is 12.3. The van der Waals surface area contributed by atoms with E-state index >= 15 is 0 Å². The molecular weight excluding hydrogens is 238 g/mol. The van der Waals surface area contributed by atoms with Crippen molar-refractivity contribution in [3.8, 4) is 0 Å². The van der Waals surface area contributed by atoms with E-state index in [-0.39, 0.29) is 6.04 Å². The second-order valence-corrected chi connectivity index (χ2v) is 7.38. The van der Waals surface area contributed by atoms with Gasteiger partial charge in [0.05, 0.1) is 0 Å². The average molecular weight is 261 g/mol. The van der Waals surface area contributed by atoms with E-state index in [4.69, 9.17) is 5.73 Å². The Hall–Kier alpha value is -0.170. The molecule has 2 aliphatic rings. The highest BCUT2D eigenvalue weighted by Crippen LogP contribution is 2.27. The van der Waals surface area contributed by atoms with Crippen molar-refractivity contribution in [2.45, 2.75) is 38.1 Å². The molecule has 100 valence electrons. The van der Waals surface area contributed by atoms with Crippen LogP contribution in [0.5, 0.6) is 0 Å². The van der Waals surface area contributed by atoms with Gasteiger partial charge >= 0.3 is 0 Å². The van der Waals surface area contributed by atoms with Crippen LogP contribution in [0.1, 0.15) is 32.1 Å². The van der Waals surface area contributed by atoms with E-state index in [9.17, 15) is 8.42 Å². The summed E-state index contributed by atoms with van der Waals surface area (Å²) in [6, 6.07) is 0.283. The van der Waals surface area contributed by atoms with E-state index in [1.165, 1.54) is 4.31 Å². The third-order valence-electron chi connectivity index (χ3n) is 3.82. The monoisotopic (exact) mass is 261 g/mol. The summed E-state index contributed by atoms with van der Waals surface area (Å²) in [4.78, 5) is 0. The molecular formula is C11H23N3O2S. The van der Waals surface area contributed by atoms with E-state index in [1.807, 2.05) is 0 Å². The van der Waals surface area contributed by atoms with Gasteiger partial charge in [-0.15, -0.1) is 0 Å². The first-order valence-electron chi connectivity index (χ1n) is 6.47. The van der Waals surface area contributed by atoms with E-state index in [2.05, 4.69) is 0 Å². The second-order valence-electron chi connectivity index (χ2n) is 5.35. The molecule has 0 spiro atoms. The standard InChI is InChI=1S/C11H23N3O2S/c1-13(9-10-7-11(12)8-10)17(15,16)14-5-3-2-4-6-14/h10-11H,2-9,12H2,1H3. The molecule has 0 amide bonds. The average Bonchev–Trinajstić information content (AvgIpc) is 2.28. The fourth-order valence-corrected chi connectivity index (χ4v) is 4.20. The molecule has 2 N–H and O–H groups in total. The van der Waals surface area contributed by atoms with Crippen molar-refractivity contribution in [2.75, 3.05) is 26.7 Å². The Bertz CT molecular complexity index is 346. The van der Waals surface area contributed by atoms with Gasteiger partial charge in [-0.3, -0.25) is 0 Å². The highest BCUT2D eigenvalue weighted by molar-refractivity contribution is 7.86. The van der Waals surface area contributed by atoms with Crippen molar-refractivity contribution in [1.29, 1.82) is 0 Å². The summed E-state index contributed by atoms with van der Waals surface area (Å²) in [7, 11) is -1.54. The molecule has 1 aliphatic carbocycles. The topological polar surface area (TPSA) is 66.6 Å². The highest BCUT2D eigenvalue weighted by Gasteiger charge is 2.33. The molecule has 0 aromatic heterocycles. The molecule has 2 rings (SSSR count). The van der Waals surface area contributed by atoms with Crippen molar-refractivity contribution in [3.63, 3.8) is 0 Å². The van der Waals surface area contributed by atoms with Gasteiger partial charge in [0.1, 0.15) is 0 Å². The van der Waals surface area contributed by atoms with Crippen LogP contribution in [0.4, 0.5) is 0 Å². The Labute approximate surface area is 104 Å². The predicted octanol–water partition coefficient (Wildman–Crippen LogP) is 0.386. The first-order chi connectivity index (χ1) is 8.00. The van der Waals surface area contributed by atoms with Gasteiger partial charge in [-0.05, 0) is 31.6 Å². The van der Waals surface area contributed by atoms with Gasteiger partial charge < -0.3 is 5.73 Å². The SMILES string of the molecule is CN(CC1CC(N)C1)S(=O)(=O)N1CCCCC1. The Morgan fingerprint density at radius 2 is 1.82 bits per heavy atom. The number of piperidine rings is 1. The van der Waals surface area contributed by atoms with E-state index < -0.39 is 10.2 Å². The fourth-order valence-electron chi connectivity index (χ4n) is 2.69. The number of nitrogens with two attached hydrogens (primary N) is 1. The van der Waals surface area contributed by atoms with Gasteiger partial charge in [-0.25, -0.2) is 0 Å². The van der Waals surface area contributed by atoms with Gasteiger partial charge in [0.15, 0.2) is 0 Å². The molecule has 0 aromatic rings. The highest BCUT2D eigenvalue weighted by atomic mass is 32.2. The Balaban J connectivity index is 1.89. The zero-order chi connectivity index (χ0) is 12.5. The zero-order valence-corrected chi connectivity index (χ0v) is 11.3. The van der Waals surface area contributed by atoms with Crippen LogP contribution in [0.3, 0.4) is 0 Å². The third kappa shape index (κ3) is 2.99. The third-order valence-corrected chi connectivity index (χ3v) is 5.78. The summed E-state index contributed by atoms with van der Waals surface area (Å²) < 4.78 is 27.7. The summed E-state index contributed by atoms with van der Waals surface area (Å²) >= 11 is 0. The maximum absolute atomic E-state index is 12.3. The van der Waals surface area contributed by atoms with Crippen LogP contribution in [0.25, 0.3) is 0 Å². The van der Waals surface area contributed by atoms with Crippen LogP contribution in [0.2, 0.25) is 0 Å². The van der Waals surface area contributed by atoms with Gasteiger partial charge in [0.25, 0.3) is 10.2 Å². The van der Waals surface area contributed by atoms with Crippen LogP contribution >= 0.6 is 0 Å². The molecule has 1 saturated heterocycles. The molecule has 0 atom stereocenters. The summed E-state index contributed by atoms with van der Waals surface area (Å²) in [6.45, 7) is 1.97. The van der Waals surface area contributed by atoms with Gasteiger partial charge in [-0.2, -0.15) is 17.0 Å². The van der Waals surface area contributed by atoms with Crippen molar-refractivity contribution in [3.05, 3.63) is 0 Å². The van der Waals surface area contributed by atoms with Crippen molar-refractivity contribution in [1.82, 2.24) is 8.61 Å². The molecule has 2 fully saturated rings. The van der Waals surface area contributed by atoms with Gasteiger partial charge in [-0.1, -0.05) is 6.42 Å². The summed E-state index contributed by atoms with van der Waals surface area (Å²) in [5, 5.41) is 0. The van der Waals surface area contributed by atoms with Crippen molar-refractivity contribution in [2.24, 2.45) is 11.7 Å². The molecule has 1 heterocycles. The van der Waals surface area contributed by atoms with Crippen LogP contribution in [0.15, 0.2) is 0 Å². The first kappa shape index (κ1) is 13.3. The lowest BCUT2D eigenvalue weighted by molar-refractivity contribution is 0.217. The Morgan fingerprint density at radius 1 is 1.24 bits per heavy atom. The minimum absolute atomic E-state index is 0.283. The lowest BCUT2D eigenvalue weighted by atomic mass is 9.81. The number of nitrogens with zero attached hydrogens (tertiary/aromatic N) is 2. The van der Waals surface area contributed by atoms with Crippen LogP contribution < -0.4 is 5.73 Å². The van der Waals surface area contributed by atoms with E-state index in [0.29, 0.717) is 25.6 Å². The molecule has 0 radical (unpaired) electrons. The molecule has 6 heteroatoms. The smallest absolute Gasteiger partial charge is 0.281 e. The molecule has 17 heavy (non-hydrogen) atoms. The minimum atomic E-state index is -3.22. The molecule has 1 saturated carbocycles. The molecule has 1 aliphatic heterocycles. The molecule has 0 bridgehead atoms. The number of rotatable bonds is 4. The normalized spacial score (nSPS) is 31.5. The van der Waals surface area contributed by atoms with Crippen LogP contribution in [-0.4, -0.2) is 49.8 Å². The van der Waals surface area contributed by atoms with Crippen LogP contribution in [0, 0.1) is 5.92 Å². The lowest BCUT2D eigenvalue weighted by Crippen LogP contribution is -2.48. The van der Waals surface area contributed by atoms with E-state index in [0.717, 1.165) is 32.1 Å². The van der Waals surface area contributed by atoms with Crippen molar-refractivity contribution < 1.29 is 8.42 Å². The number of hydrogen-bond acceptors (Lipinski definition) is 3. The van der Waals surface area contributed by atoms with Gasteiger partial charge in [0.2, 0.25) is 0 Å². The van der Waals surface area contributed by atoms with Crippen LogP contribution in [-0.2, 0) is 10.2 Å². The molecule has 0 aromatic carbocycles. The summed E-state index contributed by atoms with van der Waals surface area (Å²) in [6.07, 6.45) is 5.04. The Kier molecular flexibility index (Phi) is 4.07. The summed E-state index contributed by atoms with van der Waals surface area (Å²) in [5.74, 6) is 0.453. The lowest BCUT2D eigenvalue weighted by Gasteiger charge is -2.37. The number of hydrogen-bond donors (Lipinski definition) is 1. The Morgan fingerprint density at radius 3 is 2.35 bits per heavy atom. The zero-order valence-electron chi connectivity index (χ0n) is 10.5. The quantitative estimate of drug-likeness (QED) is 0.796. The summed E-state index contributed by atoms with van der Waals surface area (Å²) in [5.41, 5.74) is 5.72. The first-order valence-corrected chi connectivity index (χ1v) is 7.87. The largest absolute Gasteiger partial charge is 0.328 e. The van der Waals surface area contributed by atoms with E-state index in [1.54, 1.807) is 11.4 Å². The second kappa shape index (κ2) is 5.22. The fraction of sp³-hybridized carbons (Fsp3) is 1.00. The molecule has 0 unspecified atom stereocenters.